The monoisotopic (exact) mass is 252 g/mol. The van der Waals surface area contributed by atoms with Gasteiger partial charge in [0.05, 0.1) is 12.8 Å². The molecule has 0 spiro atoms. The number of likely N-dealkylation sites (tertiary alicyclic amines) is 1. The van der Waals surface area contributed by atoms with E-state index in [0.29, 0.717) is 18.7 Å². The van der Waals surface area contributed by atoms with Crippen molar-refractivity contribution >= 4 is 12.0 Å². The molecule has 0 saturated carbocycles. The molecular weight excluding hydrogens is 236 g/mol. The lowest BCUT2D eigenvalue weighted by atomic mass is 10.0. The smallest absolute Gasteiger partial charge is 0.326 e. The molecule has 2 rings (SSSR count). The van der Waals surface area contributed by atoms with Gasteiger partial charge >= 0.3 is 12.0 Å². The molecule has 1 atom stereocenters. The van der Waals surface area contributed by atoms with Crippen molar-refractivity contribution in [3.05, 3.63) is 24.2 Å². The third-order valence-electron chi connectivity index (χ3n) is 3.04. The number of aliphatic carboxylic acids is 1. The van der Waals surface area contributed by atoms with Gasteiger partial charge in [-0.2, -0.15) is 0 Å². The van der Waals surface area contributed by atoms with Crippen LogP contribution in [0, 0.1) is 0 Å². The number of carboxylic acids is 1. The number of hydrogen-bond acceptors (Lipinski definition) is 3. The highest BCUT2D eigenvalue weighted by atomic mass is 16.4. The highest BCUT2D eigenvalue weighted by molar-refractivity contribution is 5.82. The average Bonchev–Trinajstić information content (AvgIpc) is 2.89. The number of nitrogens with one attached hydrogen (secondary N) is 1. The molecule has 1 fully saturated rings. The van der Waals surface area contributed by atoms with Gasteiger partial charge in [-0.05, 0) is 31.4 Å². The maximum absolute atomic E-state index is 11.9. The fourth-order valence-electron chi connectivity index (χ4n) is 2.11. The van der Waals surface area contributed by atoms with E-state index in [1.807, 2.05) is 0 Å². The zero-order valence-electron chi connectivity index (χ0n) is 9.96. The van der Waals surface area contributed by atoms with E-state index < -0.39 is 12.0 Å². The summed E-state index contributed by atoms with van der Waals surface area (Å²) in [5, 5.41) is 11.7. The first-order valence-corrected chi connectivity index (χ1v) is 5.98. The normalized spacial score (nSPS) is 19.6. The third-order valence-corrected chi connectivity index (χ3v) is 3.04. The number of rotatable bonds is 3. The van der Waals surface area contributed by atoms with Gasteiger partial charge in [0.25, 0.3) is 0 Å². The first-order chi connectivity index (χ1) is 8.68. The molecule has 6 heteroatoms. The number of carbonyl (C=O) groups is 2. The molecule has 0 aliphatic carbocycles. The van der Waals surface area contributed by atoms with E-state index in [2.05, 4.69) is 5.32 Å². The first kappa shape index (κ1) is 12.5. The van der Waals surface area contributed by atoms with Gasteiger partial charge in [0, 0.05) is 6.54 Å². The van der Waals surface area contributed by atoms with Crippen LogP contribution in [0.3, 0.4) is 0 Å². The predicted molar refractivity (Wildman–Crippen MR) is 62.9 cm³/mol. The Bertz CT molecular complexity index is 416. The van der Waals surface area contributed by atoms with Gasteiger partial charge in [-0.15, -0.1) is 0 Å². The molecule has 0 aromatic carbocycles. The van der Waals surface area contributed by atoms with Crippen LogP contribution >= 0.6 is 0 Å². The van der Waals surface area contributed by atoms with Crippen molar-refractivity contribution in [1.82, 2.24) is 10.2 Å². The minimum atomic E-state index is -0.942. The molecule has 1 aliphatic rings. The first-order valence-electron chi connectivity index (χ1n) is 5.98. The van der Waals surface area contributed by atoms with E-state index in [-0.39, 0.29) is 12.6 Å². The number of nitrogens with zero attached hydrogens (tertiary/aromatic N) is 1. The summed E-state index contributed by atoms with van der Waals surface area (Å²) in [7, 11) is 0. The second-order valence-electron chi connectivity index (χ2n) is 4.28. The number of hydrogen-bond donors (Lipinski definition) is 2. The summed E-state index contributed by atoms with van der Waals surface area (Å²) in [6.07, 6.45) is 3.74. The summed E-state index contributed by atoms with van der Waals surface area (Å²) in [5.74, 6) is -0.296. The van der Waals surface area contributed by atoms with Crippen LogP contribution in [-0.2, 0) is 11.3 Å². The number of carboxylic acid groups (broad SMARTS) is 1. The quantitative estimate of drug-likeness (QED) is 0.852. The molecule has 0 radical (unpaired) electrons. The fourth-order valence-corrected chi connectivity index (χ4v) is 2.11. The van der Waals surface area contributed by atoms with Gasteiger partial charge in [0.1, 0.15) is 11.8 Å². The lowest BCUT2D eigenvalue weighted by Gasteiger charge is -2.32. The summed E-state index contributed by atoms with van der Waals surface area (Å²) in [4.78, 5) is 24.4. The number of piperidine rings is 1. The van der Waals surface area contributed by atoms with Crippen molar-refractivity contribution in [3.8, 4) is 0 Å². The van der Waals surface area contributed by atoms with Crippen LogP contribution < -0.4 is 5.32 Å². The molecular formula is C12H16N2O4. The van der Waals surface area contributed by atoms with Crippen molar-refractivity contribution in [2.24, 2.45) is 0 Å². The van der Waals surface area contributed by atoms with Crippen LogP contribution in [0.4, 0.5) is 4.79 Å². The maximum Gasteiger partial charge on any atom is 0.326 e. The van der Waals surface area contributed by atoms with Gasteiger partial charge in [0.2, 0.25) is 0 Å². The molecule has 2 N–H and O–H groups in total. The van der Waals surface area contributed by atoms with Crippen LogP contribution in [-0.4, -0.2) is 34.6 Å². The molecule has 6 nitrogen and oxygen atoms in total. The van der Waals surface area contributed by atoms with E-state index in [9.17, 15) is 9.59 Å². The highest BCUT2D eigenvalue weighted by Gasteiger charge is 2.31. The Labute approximate surface area is 105 Å². The van der Waals surface area contributed by atoms with E-state index in [1.165, 1.54) is 11.2 Å². The van der Waals surface area contributed by atoms with Crippen LogP contribution in [0.2, 0.25) is 0 Å². The number of furan rings is 1. The average molecular weight is 252 g/mol. The second-order valence-corrected chi connectivity index (χ2v) is 4.28. The molecule has 1 aromatic rings. The van der Waals surface area contributed by atoms with Crippen molar-refractivity contribution in [1.29, 1.82) is 0 Å². The van der Waals surface area contributed by atoms with Gasteiger partial charge in [0.15, 0.2) is 0 Å². The summed E-state index contributed by atoms with van der Waals surface area (Å²) >= 11 is 0. The van der Waals surface area contributed by atoms with E-state index in [4.69, 9.17) is 9.52 Å². The number of amides is 2. The molecule has 1 unspecified atom stereocenters. The molecule has 0 bridgehead atoms. The molecule has 18 heavy (non-hydrogen) atoms. The third kappa shape index (κ3) is 2.82. The molecule has 2 heterocycles. The molecule has 2 amide bonds. The molecule has 98 valence electrons. The Hall–Kier alpha value is -1.98. The van der Waals surface area contributed by atoms with E-state index in [0.717, 1.165) is 12.8 Å². The fraction of sp³-hybridized carbons (Fsp3) is 0.500. The van der Waals surface area contributed by atoms with Crippen LogP contribution in [0.25, 0.3) is 0 Å². The van der Waals surface area contributed by atoms with Crippen molar-refractivity contribution in [3.63, 3.8) is 0 Å². The van der Waals surface area contributed by atoms with Crippen molar-refractivity contribution < 1.29 is 19.1 Å². The maximum atomic E-state index is 11.9. The summed E-state index contributed by atoms with van der Waals surface area (Å²) < 4.78 is 5.10. The highest BCUT2D eigenvalue weighted by Crippen LogP contribution is 2.17. The molecule has 1 saturated heterocycles. The summed E-state index contributed by atoms with van der Waals surface area (Å²) in [5.41, 5.74) is 0. The summed E-state index contributed by atoms with van der Waals surface area (Å²) in [6, 6.07) is 2.43. The zero-order valence-corrected chi connectivity index (χ0v) is 9.96. The van der Waals surface area contributed by atoms with Gasteiger partial charge in [-0.1, -0.05) is 0 Å². The largest absolute Gasteiger partial charge is 0.480 e. The van der Waals surface area contributed by atoms with E-state index >= 15 is 0 Å². The predicted octanol–water partition coefficient (Wildman–Crippen LogP) is 1.43. The second kappa shape index (κ2) is 5.57. The lowest BCUT2D eigenvalue weighted by molar-refractivity contribution is -0.143. The molecule has 1 aromatic heterocycles. The van der Waals surface area contributed by atoms with Gasteiger partial charge in [-0.3, -0.25) is 0 Å². The molecule has 1 aliphatic heterocycles. The van der Waals surface area contributed by atoms with Crippen LogP contribution in [0.15, 0.2) is 22.8 Å². The van der Waals surface area contributed by atoms with Crippen LogP contribution in [0.5, 0.6) is 0 Å². The van der Waals surface area contributed by atoms with Gasteiger partial charge < -0.3 is 19.7 Å². The topological polar surface area (TPSA) is 82.8 Å². The minimum absolute atomic E-state index is 0.272. The van der Waals surface area contributed by atoms with Crippen molar-refractivity contribution in [2.45, 2.75) is 31.8 Å². The Morgan fingerprint density at radius 3 is 3.00 bits per heavy atom. The Morgan fingerprint density at radius 1 is 1.50 bits per heavy atom. The Kier molecular flexibility index (Phi) is 3.86. The summed E-state index contributed by atoms with van der Waals surface area (Å²) in [6.45, 7) is 0.760. The lowest BCUT2D eigenvalue weighted by Crippen LogP contribution is -2.51. The number of urea groups is 1. The zero-order chi connectivity index (χ0) is 13.0. The minimum Gasteiger partial charge on any atom is -0.480 e. The Balaban J connectivity index is 1.92. The van der Waals surface area contributed by atoms with Gasteiger partial charge in [-0.25, -0.2) is 9.59 Å². The standard InChI is InChI=1S/C12H16N2O4/c15-11(16)10-5-1-2-6-14(10)12(17)13-8-9-4-3-7-18-9/h3-4,7,10H,1-2,5-6,8H2,(H,13,17)(H,15,16). The SMILES string of the molecule is O=C(O)C1CCCCN1C(=O)NCc1ccco1. The Morgan fingerprint density at radius 2 is 2.33 bits per heavy atom. The van der Waals surface area contributed by atoms with Crippen molar-refractivity contribution in [2.75, 3.05) is 6.54 Å². The number of carbonyl (C=O) groups excluding carboxylic acids is 1. The van der Waals surface area contributed by atoms with Crippen LogP contribution in [0.1, 0.15) is 25.0 Å². The van der Waals surface area contributed by atoms with E-state index in [1.54, 1.807) is 12.1 Å².